The topological polar surface area (TPSA) is 97.4 Å². The Morgan fingerprint density at radius 2 is 1.77 bits per heavy atom. The molecule has 1 unspecified atom stereocenters. The Kier molecular flexibility index (Phi) is 4.92. The van der Waals surface area contributed by atoms with Gasteiger partial charge in [-0.2, -0.15) is 0 Å². The SMILES string of the molecule is Cc1ncc(-c2cc(C3(c4cncc(CF)c4)N=C(N)N(C)C3=O)c(F)cc2F)cn1. The monoisotopic (exact) mass is 426 g/mol. The highest BCUT2D eigenvalue weighted by Gasteiger charge is 2.51. The normalized spacial score (nSPS) is 18.4. The van der Waals surface area contributed by atoms with Gasteiger partial charge in [0.25, 0.3) is 5.91 Å². The first-order valence-electron chi connectivity index (χ1n) is 9.20. The average Bonchev–Trinajstić information content (AvgIpc) is 2.99. The molecule has 1 aliphatic heterocycles. The Hall–Kier alpha value is -3.82. The highest BCUT2D eigenvalue weighted by atomic mass is 19.1. The number of carbonyl (C=O) groups is 1. The summed E-state index contributed by atoms with van der Waals surface area (Å²) in [6.45, 7) is 0.818. The maximum atomic E-state index is 15.2. The van der Waals surface area contributed by atoms with Crippen LogP contribution in [-0.2, 0) is 17.0 Å². The van der Waals surface area contributed by atoms with E-state index in [1.54, 1.807) is 6.92 Å². The molecule has 31 heavy (non-hydrogen) atoms. The number of aromatic nitrogens is 3. The van der Waals surface area contributed by atoms with Crippen LogP contribution in [0.5, 0.6) is 0 Å². The molecule has 0 aliphatic carbocycles. The molecule has 3 aromatic rings. The lowest BCUT2D eigenvalue weighted by atomic mass is 9.81. The molecule has 1 atom stereocenters. The largest absolute Gasteiger partial charge is 0.369 e. The third kappa shape index (κ3) is 3.20. The van der Waals surface area contributed by atoms with Crippen molar-refractivity contribution >= 4 is 11.9 Å². The first-order valence-corrected chi connectivity index (χ1v) is 9.20. The predicted octanol–water partition coefficient (Wildman–Crippen LogP) is 2.63. The molecule has 0 spiro atoms. The highest BCUT2D eigenvalue weighted by Crippen LogP contribution is 2.42. The summed E-state index contributed by atoms with van der Waals surface area (Å²) in [7, 11) is 1.38. The fourth-order valence-electron chi connectivity index (χ4n) is 3.50. The number of amides is 1. The number of aliphatic imine (C=N–C) groups is 1. The zero-order valence-electron chi connectivity index (χ0n) is 16.6. The number of benzene rings is 1. The Labute approximate surface area is 175 Å². The van der Waals surface area contributed by atoms with Crippen molar-refractivity contribution in [1.82, 2.24) is 19.9 Å². The number of nitrogens with zero attached hydrogens (tertiary/aromatic N) is 5. The van der Waals surface area contributed by atoms with Crippen molar-refractivity contribution < 1.29 is 18.0 Å². The van der Waals surface area contributed by atoms with Gasteiger partial charge in [-0.05, 0) is 19.1 Å². The number of rotatable bonds is 4. The predicted molar refractivity (Wildman–Crippen MR) is 106 cm³/mol. The van der Waals surface area contributed by atoms with E-state index in [1.165, 1.54) is 44.0 Å². The molecule has 2 aromatic heterocycles. The molecular formula is C21H17F3N6O. The summed E-state index contributed by atoms with van der Waals surface area (Å²) in [6.07, 6.45) is 5.34. The average molecular weight is 426 g/mol. The summed E-state index contributed by atoms with van der Waals surface area (Å²) >= 11 is 0. The van der Waals surface area contributed by atoms with E-state index in [4.69, 9.17) is 5.73 Å². The van der Waals surface area contributed by atoms with Crippen LogP contribution in [0.4, 0.5) is 13.2 Å². The van der Waals surface area contributed by atoms with E-state index < -0.39 is 29.8 Å². The number of guanidine groups is 1. The third-order valence-corrected chi connectivity index (χ3v) is 5.15. The van der Waals surface area contributed by atoms with Crippen LogP contribution in [0.15, 0.2) is 48.0 Å². The second-order valence-corrected chi connectivity index (χ2v) is 7.09. The van der Waals surface area contributed by atoms with E-state index >= 15 is 4.39 Å². The minimum absolute atomic E-state index is 0.0264. The van der Waals surface area contributed by atoms with Crippen LogP contribution < -0.4 is 5.73 Å². The number of hydrogen-bond donors (Lipinski definition) is 1. The van der Waals surface area contributed by atoms with E-state index in [2.05, 4.69) is 19.9 Å². The first-order chi connectivity index (χ1) is 14.8. The van der Waals surface area contributed by atoms with Crippen LogP contribution >= 0.6 is 0 Å². The van der Waals surface area contributed by atoms with Crippen molar-refractivity contribution in [1.29, 1.82) is 0 Å². The van der Waals surface area contributed by atoms with Crippen molar-refractivity contribution in [2.45, 2.75) is 19.1 Å². The number of carbonyl (C=O) groups excluding carboxylic acids is 1. The van der Waals surface area contributed by atoms with E-state index in [1.807, 2.05) is 0 Å². The maximum Gasteiger partial charge on any atom is 0.266 e. The zero-order valence-corrected chi connectivity index (χ0v) is 16.6. The van der Waals surface area contributed by atoms with Gasteiger partial charge in [-0.3, -0.25) is 14.7 Å². The summed E-state index contributed by atoms with van der Waals surface area (Å²) in [6, 6.07) is 3.20. The second-order valence-electron chi connectivity index (χ2n) is 7.09. The van der Waals surface area contributed by atoms with Crippen molar-refractivity contribution in [3.63, 3.8) is 0 Å². The molecule has 7 nitrogen and oxygen atoms in total. The van der Waals surface area contributed by atoms with Crippen LogP contribution in [0, 0.1) is 18.6 Å². The van der Waals surface area contributed by atoms with Crippen molar-refractivity contribution in [2.24, 2.45) is 10.7 Å². The minimum atomic E-state index is -1.99. The van der Waals surface area contributed by atoms with Crippen LogP contribution in [0.25, 0.3) is 11.1 Å². The molecule has 10 heteroatoms. The molecular weight excluding hydrogens is 409 g/mol. The van der Waals surface area contributed by atoms with Gasteiger partial charge in [0.15, 0.2) is 11.5 Å². The second kappa shape index (κ2) is 7.46. The van der Waals surface area contributed by atoms with Crippen molar-refractivity contribution in [2.75, 3.05) is 7.05 Å². The summed E-state index contributed by atoms with van der Waals surface area (Å²) in [5.41, 5.74) is 4.17. The summed E-state index contributed by atoms with van der Waals surface area (Å²) < 4.78 is 43.1. The molecule has 1 aliphatic rings. The van der Waals surface area contributed by atoms with Gasteiger partial charge in [0.2, 0.25) is 0 Å². The lowest BCUT2D eigenvalue weighted by Crippen LogP contribution is -2.41. The van der Waals surface area contributed by atoms with Gasteiger partial charge in [-0.15, -0.1) is 0 Å². The molecule has 3 heterocycles. The number of likely N-dealkylation sites (N-methyl/N-ethyl adjacent to an activating group) is 1. The standard InChI is InChI=1S/C21H17F3N6O/c1-11-27-8-13(9-28-11)15-4-16(18(24)5-17(15)23)21(19(31)30(2)20(25)29-21)14-3-12(6-22)7-26-10-14/h3-5,7-10H,6H2,1-2H3,(H2,25,29). The molecule has 0 bridgehead atoms. The molecule has 4 rings (SSSR count). The molecule has 0 saturated heterocycles. The van der Waals surface area contributed by atoms with Crippen LogP contribution in [0.2, 0.25) is 0 Å². The van der Waals surface area contributed by atoms with Gasteiger partial charge in [0.1, 0.15) is 24.1 Å². The number of nitrogens with two attached hydrogens (primary N) is 1. The Morgan fingerprint density at radius 3 is 2.39 bits per heavy atom. The van der Waals surface area contributed by atoms with Crippen molar-refractivity contribution in [3.8, 4) is 11.1 Å². The molecule has 1 aromatic carbocycles. The van der Waals surface area contributed by atoms with Gasteiger partial charge >= 0.3 is 0 Å². The van der Waals surface area contributed by atoms with E-state index in [-0.39, 0.29) is 33.8 Å². The Morgan fingerprint density at radius 1 is 1.06 bits per heavy atom. The summed E-state index contributed by atoms with van der Waals surface area (Å²) in [5.74, 6) is -2.25. The van der Waals surface area contributed by atoms with E-state index in [0.717, 1.165) is 4.90 Å². The van der Waals surface area contributed by atoms with Gasteiger partial charge in [-0.25, -0.2) is 28.1 Å². The summed E-state index contributed by atoms with van der Waals surface area (Å²) in [4.78, 5) is 30.6. The smallest absolute Gasteiger partial charge is 0.266 e. The number of pyridine rings is 1. The molecule has 0 fully saturated rings. The minimum Gasteiger partial charge on any atom is -0.369 e. The van der Waals surface area contributed by atoms with E-state index in [0.29, 0.717) is 11.9 Å². The molecule has 0 radical (unpaired) electrons. The van der Waals surface area contributed by atoms with E-state index in [9.17, 15) is 13.6 Å². The Balaban J connectivity index is 2.02. The lowest BCUT2D eigenvalue weighted by molar-refractivity contribution is -0.129. The van der Waals surface area contributed by atoms with Gasteiger partial charge in [0, 0.05) is 65.7 Å². The number of aryl methyl sites for hydroxylation is 1. The quantitative estimate of drug-likeness (QED) is 0.692. The number of alkyl halides is 1. The Bertz CT molecular complexity index is 1210. The van der Waals surface area contributed by atoms with Crippen LogP contribution in [0.1, 0.15) is 22.5 Å². The lowest BCUT2D eigenvalue weighted by Gasteiger charge is -2.27. The first kappa shape index (κ1) is 20.5. The van der Waals surface area contributed by atoms with Crippen molar-refractivity contribution in [3.05, 3.63) is 77.1 Å². The maximum absolute atomic E-state index is 15.2. The van der Waals surface area contributed by atoms with Crippen LogP contribution in [-0.4, -0.2) is 38.8 Å². The molecule has 0 saturated carbocycles. The van der Waals surface area contributed by atoms with Gasteiger partial charge in [-0.1, -0.05) is 0 Å². The fourth-order valence-corrected chi connectivity index (χ4v) is 3.50. The fraction of sp³-hybridized carbons (Fsp3) is 0.190. The summed E-state index contributed by atoms with van der Waals surface area (Å²) in [5, 5.41) is 0. The number of hydrogen-bond acceptors (Lipinski definition) is 6. The zero-order chi connectivity index (χ0) is 22.3. The van der Waals surface area contributed by atoms with Gasteiger partial charge < -0.3 is 5.73 Å². The molecule has 158 valence electrons. The van der Waals surface area contributed by atoms with Crippen LogP contribution in [0.3, 0.4) is 0 Å². The third-order valence-electron chi connectivity index (χ3n) is 5.15. The molecule has 2 N–H and O–H groups in total. The highest BCUT2D eigenvalue weighted by molar-refractivity contribution is 6.09. The molecule has 1 amide bonds. The van der Waals surface area contributed by atoms with Gasteiger partial charge in [0.05, 0.1) is 0 Å². The number of halogens is 3.